The summed E-state index contributed by atoms with van der Waals surface area (Å²) in [7, 11) is 0. The van der Waals surface area contributed by atoms with E-state index in [9.17, 15) is 4.39 Å². The first-order chi connectivity index (χ1) is 6.69. The molecule has 0 amide bonds. The molecule has 4 heteroatoms. The Hall–Kier alpha value is -1.44. The lowest BCUT2D eigenvalue weighted by atomic mass is 10.0. The Labute approximate surface area is 81.6 Å². The number of aliphatic hydroxyl groups is 1. The van der Waals surface area contributed by atoms with Gasteiger partial charge in [-0.3, -0.25) is 0 Å². The summed E-state index contributed by atoms with van der Waals surface area (Å²) in [6, 6.07) is 5.77. The van der Waals surface area contributed by atoms with Crippen molar-refractivity contribution in [3.8, 4) is 6.07 Å². The topological polar surface area (TPSA) is 70.0 Å². The van der Waals surface area contributed by atoms with Crippen LogP contribution in [0.15, 0.2) is 18.2 Å². The van der Waals surface area contributed by atoms with Crippen LogP contribution in [0.4, 0.5) is 4.39 Å². The van der Waals surface area contributed by atoms with Gasteiger partial charge in [0.15, 0.2) is 0 Å². The van der Waals surface area contributed by atoms with Crippen LogP contribution in [-0.2, 0) is 6.61 Å². The predicted molar refractivity (Wildman–Crippen MR) is 49.5 cm³/mol. The molecule has 74 valence electrons. The molecule has 0 radical (unpaired) electrons. The van der Waals surface area contributed by atoms with E-state index in [-0.39, 0.29) is 18.6 Å². The number of nitrogens with zero attached hydrogens (tertiary/aromatic N) is 1. The van der Waals surface area contributed by atoms with Gasteiger partial charge in [-0.25, -0.2) is 4.39 Å². The first kappa shape index (κ1) is 10.6. The molecule has 1 aromatic rings. The zero-order valence-corrected chi connectivity index (χ0v) is 7.57. The van der Waals surface area contributed by atoms with E-state index in [0.29, 0.717) is 5.56 Å². The quantitative estimate of drug-likeness (QED) is 0.760. The fourth-order valence-corrected chi connectivity index (χ4v) is 1.16. The van der Waals surface area contributed by atoms with Crippen molar-refractivity contribution < 1.29 is 9.50 Å². The summed E-state index contributed by atoms with van der Waals surface area (Å²) in [6.07, 6.45) is 0.177. The monoisotopic (exact) mass is 194 g/mol. The third kappa shape index (κ3) is 2.28. The first-order valence-corrected chi connectivity index (χ1v) is 4.20. The maximum absolute atomic E-state index is 13.0. The third-order valence-electron chi connectivity index (χ3n) is 1.98. The molecular formula is C10H11FN2O. The molecule has 0 heterocycles. The largest absolute Gasteiger partial charge is 0.392 e. The van der Waals surface area contributed by atoms with Crippen molar-refractivity contribution in [2.75, 3.05) is 0 Å². The summed E-state index contributed by atoms with van der Waals surface area (Å²) in [5.41, 5.74) is 6.52. The maximum atomic E-state index is 13.0. The van der Waals surface area contributed by atoms with Gasteiger partial charge in [0, 0.05) is 11.6 Å². The summed E-state index contributed by atoms with van der Waals surface area (Å²) >= 11 is 0. The molecule has 0 unspecified atom stereocenters. The highest BCUT2D eigenvalue weighted by molar-refractivity contribution is 5.27. The number of nitriles is 1. The Bertz CT molecular complexity index is 360. The van der Waals surface area contributed by atoms with Crippen molar-refractivity contribution in [3.05, 3.63) is 35.1 Å². The fourth-order valence-electron chi connectivity index (χ4n) is 1.16. The van der Waals surface area contributed by atoms with E-state index in [4.69, 9.17) is 16.1 Å². The Morgan fingerprint density at radius 2 is 2.29 bits per heavy atom. The van der Waals surface area contributed by atoms with Crippen molar-refractivity contribution in [1.29, 1.82) is 5.26 Å². The Kier molecular flexibility index (Phi) is 3.57. The van der Waals surface area contributed by atoms with Gasteiger partial charge in [0.1, 0.15) is 5.82 Å². The number of hydrogen-bond acceptors (Lipinski definition) is 3. The Morgan fingerprint density at radius 1 is 1.57 bits per heavy atom. The van der Waals surface area contributed by atoms with Gasteiger partial charge in [0.25, 0.3) is 0 Å². The molecular weight excluding hydrogens is 183 g/mol. The molecule has 0 saturated carbocycles. The van der Waals surface area contributed by atoms with E-state index < -0.39 is 11.9 Å². The minimum absolute atomic E-state index is 0.177. The van der Waals surface area contributed by atoms with Gasteiger partial charge in [-0.2, -0.15) is 5.26 Å². The molecule has 3 nitrogen and oxygen atoms in total. The van der Waals surface area contributed by atoms with Crippen molar-refractivity contribution >= 4 is 0 Å². The molecule has 0 aliphatic heterocycles. The van der Waals surface area contributed by atoms with Gasteiger partial charge in [0.05, 0.1) is 19.1 Å². The lowest BCUT2D eigenvalue weighted by molar-refractivity contribution is 0.275. The van der Waals surface area contributed by atoms with Crippen molar-refractivity contribution in [1.82, 2.24) is 0 Å². The molecule has 1 atom stereocenters. The second-order valence-electron chi connectivity index (χ2n) is 2.98. The third-order valence-corrected chi connectivity index (χ3v) is 1.98. The summed E-state index contributed by atoms with van der Waals surface area (Å²) in [5, 5.41) is 17.2. The van der Waals surface area contributed by atoms with Crippen molar-refractivity contribution in [2.45, 2.75) is 19.1 Å². The minimum Gasteiger partial charge on any atom is -0.392 e. The van der Waals surface area contributed by atoms with E-state index in [1.807, 2.05) is 6.07 Å². The van der Waals surface area contributed by atoms with Crippen LogP contribution in [0, 0.1) is 17.1 Å². The lowest BCUT2D eigenvalue weighted by Gasteiger charge is -2.09. The lowest BCUT2D eigenvalue weighted by Crippen LogP contribution is -2.10. The summed E-state index contributed by atoms with van der Waals surface area (Å²) in [5.74, 6) is -0.458. The number of rotatable bonds is 3. The maximum Gasteiger partial charge on any atom is 0.128 e. The molecule has 0 fully saturated rings. The zero-order chi connectivity index (χ0) is 10.6. The van der Waals surface area contributed by atoms with Gasteiger partial charge in [-0.1, -0.05) is 6.07 Å². The minimum atomic E-state index is -0.458. The van der Waals surface area contributed by atoms with Crippen LogP contribution in [-0.4, -0.2) is 5.11 Å². The molecule has 3 N–H and O–H groups in total. The number of nitrogens with two attached hydrogens (primary N) is 1. The standard InChI is InChI=1S/C10H11FN2O/c11-9-2-1-7(5-8(9)6-14)10(13)3-4-12/h1-2,5,10,14H,3,6,13H2/t10-/m0/s1. The van der Waals surface area contributed by atoms with E-state index in [2.05, 4.69) is 0 Å². The fraction of sp³-hybridized carbons (Fsp3) is 0.300. The average molecular weight is 194 g/mol. The average Bonchev–Trinajstić information content (AvgIpc) is 2.19. The van der Waals surface area contributed by atoms with Crippen LogP contribution in [0.3, 0.4) is 0 Å². The van der Waals surface area contributed by atoms with Crippen LogP contribution >= 0.6 is 0 Å². The van der Waals surface area contributed by atoms with Crippen LogP contribution < -0.4 is 5.73 Å². The number of halogens is 1. The number of aliphatic hydroxyl groups excluding tert-OH is 1. The summed E-state index contributed by atoms with van der Waals surface area (Å²) in [4.78, 5) is 0. The molecule has 0 bridgehead atoms. The Balaban J connectivity index is 2.95. The van der Waals surface area contributed by atoms with Gasteiger partial charge >= 0.3 is 0 Å². The van der Waals surface area contributed by atoms with E-state index in [1.165, 1.54) is 18.2 Å². The second kappa shape index (κ2) is 4.70. The van der Waals surface area contributed by atoms with E-state index in [0.717, 1.165) is 0 Å². The van der Waals surface area contributed by atoms with Gasteiger partial charge < -0.3 is 10.8 Å². The molecule has 1 rings (SSSR count). The molecule has 14 heavy (non-hydrogen) atoms. The van der Waals surface area contributed by atoms with Gasteiger partial charge in [-0.15, -0.1) is 0 Å². The summed E-state index contributed by atoms with van der Waals surface area (Å²) < 4.78 is 13.0. The highest BCUT2D eigenvalue weighted by atomic mass is 19.1. The molecule has 1 aromatic carbocycles. The van der Waals surface area contributed by atoms with Gasteiger partial charge in [-0.05, 0) is 17.7 Å². The normalized spacial score (nSPS) is 12.1. The highest BCUT2D eigenvalue weighted by Crippen LogP contribution is 2.17. The van der Waals surface area contributed by atoms with E-state index >= 15 is 0 Å². The first-order valence-electron chi connectivity index (χ1n) is 4.20. The Morgan fingerprint density at radius 3 is 2.86 bits per heavy atom. The smallest absolute Gasteiger partial charge is 0.128 e. The molecule has 0 spiro atoms. The molecule has 0 aliphatic carbocycles. The van der Waals surface area contributed by atoms with Gasteiger partial charge in [0.2, 0.25) is 0 Å². The summed E-state index contributed by atoms with van der Waals surface area (Å²) in [6.45, 7) is -0.362. The van der Waals surface area contributed by atoms with Crippen LogP contribution in [0.2, 0.25) is 0 Å². The predicted octanol–water partition coefficient (Wildman–Crippen LogP) is 1.23. The molecule has 0 aliphatic rings. The SMILES string of the molecule is N#CC[C@H](N)c1ccc(F)c(CO)c1. The van der Waals surface area contributed by atoms with Crippen LogP contribution in [0.1, 0.15) is 23.6 Å². The van der Waals surface area contributed by atoms with Crippen LogP contribution in [0.5, 0.6) is 0 Å². The van der Waals surface area contributed by atoms with Crippen molar-refractivity contribution in [2.24, 2.45) is 5.73 Å². The van der Waals surface area contributed by atoms with Crippen molar-refractivity contribution in [3.63, 3.8) is 0 Å². The zero-order valence-electron chi connectivity index (χ0n) is 7.57. The van der Waals surface area contributed by atoms with E-state index in [1.54, 1.807) is 0 Å². The highest BCUT2D eigenvalue weighted by Gasteiger charge is 2.08. The van der Waals surface area contributed by atoms with Crippen LogP contribution in [0.25, 0.3) is 0 Å². The molecule has 0 saturated heterocycles. The number of hydrogen-bond donors (Lipinski definition) is 2. The second-order valence-corrected chi connectivity index (χ2v) is 2.98. The molecule has 0 aromatic heterocycles. The number of benzene rings is 1.